The van der Waals surface area contributed by atoms with Gasteiger partial charge in [-0.05, 0) is 50.3 Å². The van der Waals surface area contributed by atoms with Gasteiger partial charge in [-0.3, -0.25) is 33.6 Å². The lowest BCUT2D eigenvalue weighted by Crippen LogP contribution is -2.58. The van der Waals surface area contributed by atoms with Crippen LogP contribution in [0.2, 0.25) is 0 Å². The van der Waals surface area contributed by atoms with Crippen molar-refractivity contribution in [2.24, 2.45) is 0 Å². The van der Waals surface area contributed by atoms with Gasteiger partial charge in [0.15, 0.2) is 0 Å². The number of hydrogen-bond donors (Lipinski definition) is 8. The van der Waals surface area contributed by atoms with Crippen LogP contribution in [0.3, 0.4) is 0 Å². The molecule has 0 unspecified atom stereocenters. The highest BCUT2D eigenvalue weighted by molar-refractivity contribution is 5.96. The van der Waals surface area contributed by atoms with Crippen molar-refractivity contribution in [3.63, 3.8) is 0 Å². The number of unbranched alkanes of at least 4 members (excludes halogenated alkanes) is 3. The van der Waals surface area contributed by atoms with Crippen molar-refractivity contribution in [3.05, 3.63) is 53.9 Å². The second-order valence-corrected chi connectivity index (χ2v) is 13.1. The second-order valence-electron chi connectivity index (χ2n) is 13.1. The molecule has 2 heterocycles. The molecule has 0 bridgehead atoms. The quantitative estimate of drug-likeness (QED) is 0.156. The number of amides is 7. The molecule has 0 spiro atoms. The number of aromatic nitrogens is 2. The van der Waals surface area contributed by atoms with Gasteiger partial charge >= 0.3 is 0 Å². The maximum absolute atomic E-state index is 13.9. The average Bonchev–Trinajstić information content (AvgIpc) is 3.65. The van der Waals surface area contributed by atoms with Crippen LogP contribution in [0, 0.1) is 5.82 Å². The number of nitrogens with one attached hydrogen (secondary N) is 8. The summed E-state index contributed by atoms with van der Waals surface area (Å²) in [5, 5.41) is 18.5. The van der Waals surface area contributed by atoms with E-state index in [2.05, 4.69) is 47.2 Å². The van der Waals surface area contributed by atoms with E-state index in [1.54, 1.807) is 0 Å². The highest BCUT2D eigenvalue weighted by Gasteiger charge is 2.31. The largest absolute Gasteiger partial charge is 0.356 e. The summed E-state index contributed by atoms with van der Waals surface area (Å²) in [6.07, 6.45) is 7.20. The van der Waals surface area contributed by atoms with Crippen LogP contribution in [0.1, 0.15) is 82.9 Å². The van der Waals surface area contributed by atoms with Crippen LogP contribution in [-0.4, -0.2) is 95.1 Å². The molecule has 1 aromatic heterocycles. The zero-order chi connectivity index (χ0) is 38.6. The maximum atomic E-state index is 13.9. The van der Waals surface area contributed by atoms with Crippen LogP contribution in [0.25, 0.3) is 0 Å². The van der Waals surface area contributed by atoms with Crippen LogP contribution in [0.4, 0.5) is 4.39 Å². The Labute approximate surface area is 308 Å². The fourth-order valence-electron chi connectivity index (χ4n) is 5.54. The van der Waals surface area contributed by atoms with Gasteiger partial charge in [0, 0.05) is 50.7 Å². The Morgan fingerprint density at radius 1 is 0.811 bits per heavy atom. The molecule has 0 saturated carbocycles. The highest BCUT2D eigenvalue weighted by Crippen LogP contribution is 2.09. The van der Waals surface area contributed by atoms with E-state index < -0.39 is 66.1 Å². The number of halogens is 1. The van der Waals surface area contributed by atoms with E-state index >= 15 is 0 Å². The predicted octanol–water partition coefficient (Wildman–Crippen LogP) is 0.186. The first kappa shape index (κ1) is 42.1. The van der Waals surface area contributed by atoms with E-state index in [-0.39, 0.29) is 43.9 Å². The maximum Gasteiger partial charge on any atom is 0.243 e. The Hall–Kier alpha value is -5.35. The highest BCUT2D eigenvalue weighted by atomic mass is 19.1. The molecule has 2 aromatic rings. The van der Waals surface area contributed by atoms with Gasteiger partial charge in [-0.25, -0.2) is 9.37 Å². The van der Waals surface area contributed by atoms with E-state index in [9.17, 15) is 38.0 Å². The molecule has 4 atom stereocenters. The average molecular weight is 742 g/mol. The summed E-state index contributed by atoms with van der Waals surface area (Å²) in [5.41, 5.74) is 0.973. The van der Waals surface area contributed by atoms with Crippen molar-refractivity contribution in [2.45, 2.75) is 109 Å². The number of hydrogen-bond acceptors (Lipinski definition) is 8. The Kier molecular flexibility index (Phi) is 17.9. The molecule has 1 aliphatic heterocycles. The number of carbonyl (C=O) groups is 7. The summed E-state index contributed by atoms with van der Waals surface area (Å²) in [6.45, 7) is 3.63. The minimum Gasteiger partial charge on any atom is -0.356 e. The Morgan fingerprint density at radius 3 is 2.21 bits per heavy atom. The Bertz CT molecular complexity index is 1520. The van der Waals surface area contributed by atoms with E-state index in [0.29, 0.717) is 43.6 Å². The Balaban J connectivity index is 1.89. The normalized spacial score (nSPS) is 21.9. The third kappa shape index (κ3) is 15.8. The fourth-order valence-corrected chi connectivity index (χ4v) is 5.54. The summed E-state index contributed by atoms with van der Waals surface area (Å²) in [5.74, 6) is -4.55. The molecule has 0 aliphatic carbocycles. The van der Waals surface area contributed by atoms with Gasteiger partial charge in [0.1, 0.15) is 30.0 Å². The fraction of sp³-hybridized carbons (Fsp3) is 0.556. The number of benzene rings is 1. The van der Waals surface area contributed by atoms with Crippen molar-refractivity contribution in [2.75, 3.05) is 19.6 Å². The lowest BCUT2D eigenvalue weighted by atomic mass is 10.0. The van der Waals surface area contributed by atoms with Crippen molar-refractivity contribution < 1.29 is 38.0 Å². The minimum atomic E-state index is -1.29. The zero-order valence-electron chi connectivity index (χ0n) is 30.4. The molecule has 16 nitrogen and oxygen atoms in total. The van der Waals surface area contributed by atoms with Gasteiger partial charge < -0.3 is 42.2 Å². The third-order valence-corrected chi connectivity index (χ3v) is 8.59. The smallest absolute Gasteiger partial charge is 0.243 e. The molecule has 17 heteroatoms. The predicted molar refractivity (Wildman–Crippen MR) is 192 cm³/mol. The van der Waals surface area contributed by atoms with Crippen molar-refractivity contribution >= 4 is 41.4 Å². The Morgan fingerprint density at radius 2 is 1.51 bits per heavy atom. The monoisotopic (exact) mass is 741 g/mol. The standard InChI is InChI=1S/C36H52FN9O7/c1-3-4-5-6-9-31(48)44-27-14-15-30(47)39-16-7-8-17-40-33(50)23(2)43-32(49)21-41-34(51)28(18-24-10-12-25(37)13-11-24)45-36(53)29(46-35(27)52)19-26-20-38-22-42-26/h10-13,20,22-23,27-29H,3-9,14-19,21H2,1-2H3,(H,38,42)(H,39,47)(H,40,50)(H,41,51)(H,43,49)(H,44,48)(H,45,53)(H,46,52)/t23-,27-,28+,29-/m0/s1. The third-order valence-electron chi connectivity index (χ3n) is 8.59. The summed E-state index contributed by atoms with van der Waals surface area (Å²) < 4.78 is 13.7. The molecule has 53 heavy (non-hydrogen) atoms. The topological polar surface area (TPSA) is 232 Å². The number of carbonyl (C=O) groups excluding carboxylic acids is 7. The van der Waals surface area contributed by atoms with Crippen LogP contribution in [-0.2, 0) is 46.4 Å². The molecule has 1 fully saturated rings. The first-order valence-corrected chi connectivity index (χ1v) is 18.2. The molecule has 290 valence electrons. The van der Waals surface area contributed by atoms with Gasteiger partial charge in [-0.1, -0.05) is 38.3 Å². The van der Waals surface area contributed by atoms with Gasteiger partial charge in [0.2, 0.25) is 41.4 Å². The first-order valence-electron chi connectivity index (χ1n) is 18.2. The van der Waals surface area contributed by atoms with Crippen LogP contribution in [0.5, 0.6) is 0 Å². The minimum absolute atomic E-state index is 0.0542. The zero-order valence-corrected chi connectivity index (χ0v) is 30.4. The molecule has 8 N–H and O–H groups in total. The summed E-state index contributed by atoms with van der Waals surface area (Å²) in [6, 6.07) is 0.654. The molecule has 1 aliphatic rings. The van der Waals surface area contributed by atoms with Gasteiger partial charge in [0.05, 0.1) is 12.9 Å². The second kappa shape index (κ2) is 22.6. The first-order chi connectivity index (χ1) is 25.4. The van der Waals surface area contributed by atoms with Gasteiger partial charge in [-0.2, -0.15) is 0 Å². The number of imidazole rings is 1. The summed E-state index contributed by atoms with van der Waals surface area (Å²) >= 11 is 0. The lowest BCUT2D eigenvalue weighted by molar-refractivity contribution is -0.134. The number of aromatic amines is 1. The summed E-state index contributed by atoms with van der Waals surface area (Å²) in [4.78, 5) is 98.9. The molecular weight excluding hydrogens is 689 g/mol. The number of nitrogens with zero attached hydrogens (tertiary/aromatic N) is 1. The van der Waals surface area contributed by atoms with Crippen LogP contribution in [0.15, 0.2) is 36.8 Å². The van der Waals surface area contributed by atoms with E-state index in [0.717, 1.165) is 19.3 Å². The van der Waals surface area contributed by atoms with Gasteiger partial charge in [-0.15, -0.1) is 0 Å². The van der Waals surface area contributed by atoms with Gasteiger partial charge in [0.25, 0.3) is 0 Å². The molecule has 0 radical (unpaired) electrons. The van der Waals surface area contributed by atoms with E-state index in [4.69, 9.17) is 0 Å². The molecule has 7 amide bonds. The molecule has 1 saturated heterocycles. The van der Waals surface area contributed by atoms with Crippen molar-refractivity contribution in [3.8, 4) is 0 Å². The number of rotatable bonds is 10. The lowest BCUT2D eigenvalue weighted by Gasteiger charge is -2.25. The van der Waals surface area contributed by atoms with Crippen LogP contribution < -0.4 is 37.2 Å². The van der Waals surface area contributed by atoms with E-state index in [1.165, 1.54) is 43.7 Å². The van der Waals surface area contributed by atoms with Crippen LogP contribution >= 0.6 is 0 Å². The van der Waals surface area contributed by atoms with E-state index in [1.807, 2.05) is 6.92 Å². The van der Waals surface area contributed by atoms with Crippen molar-refractivity contribution in [1.82, 2.24) is 47.2 Å². The van der Waals surface area contributed by atoms with Crippen molar-refractivity contribution in [1.29, 1.82) is 0 Å². The molecule has 3 rings (SSSR count). The summed E-state index contributed by atoms with van der Waals surface area (Å²) in [7, 11) is 0. The number of H-pyrrole nitrogens is 1. The SMILES string of the molecule is CCCCCCC(=O)N[C@H]1CCC(=O)NCCCCNC(=O)[C@H](C)NC(=O)CNC(=O)[C@@H](Cc2ccc(F)cc2)NC(=O)[C@H](Cc2cnc[nH]2)NC1=O. The molecule has 1 aromatic carbocycles. The molecular formula is C36H52FN9O7.